The van der Waals surface area contributed by atoms with Gasteiger partial charge < -0.3 is 4.90 Å². The van der Waals surface area contributed by atoms with E-state index in [1.165, 1.54) is 11.8 Å². The summed E-state index contributed by atoms with van der Waals surface area (Å²) in [7, 11) is 1.69. The number of rotatable bonds is 6. The number of ketones is 1. The summed E-state index contributed by atoms with van der Waals surface area (Å²) < 4.78 is 1.59. The molecule has 4 rings (SSSR count). The van der Waals surface area contributed by atoms with Gasteiger partial charge in [0.15, 0.2) is 5.78 Å². The molecule has 1 saturated carbocycles. The van der Waals surface area contributed by atoms with Crippen molar-refractivity contribution in [2.24, 2.45) is 0 Å². The molecule has 1 aromatic heterocycles. The standard InChI is InChI=1S/C22H22ClN5O2S/c1-27(22(14-8-7-13-19(22)29)17-11-5-6-12-18(17)23)20(30)15-31-21-24-25-26-28(21)16-9-3-2-4-10-16/h2-6,9-12H,7-8,13-15H2,1H3/t22-/m0/s1. The van der Waals surface area contributed by atoms with Gasteiger partial charge in [0.05, 0.1) is 11.4 Å². The summed E-state index contributed by atoms with van der Waals surface area (Å²) in [4.78, 5) is 28.0. The molecule has 0 unspecified atom stereocenters. The zero-order valence-corrected chi connectivity index (χ0v) is 18.6. The molecule has 31 heavy (non-hydrogen) atoms. The lowest BCUT2D eigenvalue weighted by Gasteiger charge is -2.44. The second-order valence-corrected chi connectivity index (χ2v) is 8.77. The van der Waals surface area contributed by atoms with E-state index in [0.29, 0.717) is 28.6 Å². The molecule has 1 atom stereocenters. The molecule has 1 aliphatic carbocycles. The van der Waals surface area contributed by atoms with Gasteiger partial charge in [-0.1, -0.05) is 59.8 Å². The van der Waals surface area contributed by atoms with Crippen LogP contribution in [0.1, 0.15) is 31.2 Å². The van der Waals surface area contributed by atoms with Crippen LogP contribution in [0.2, 0.25) is 5.02 Å². The Morgan fingerprint density at radius 2 is 1.90 bits per heavy atom. The Kier molecular flexibility index (Phi) is 6.38. The fraction of sp³-hybridized carbons (Fsp3) is 0.318. The molecule has 160 valence electrons. The van der Waals surface area contributed by atoms with E-state index in [4.69, 9.17) is 11.6 Å². The van der Waals surface area contributed by atoms with Crippen molar-refractivity contribution >= 4 is 35.1 Å². The molecule has 9 heteroatoms. The molecular weight excluding hydrogens is 434 g/mol. The molecular formula is C22H22ClN5O2S. The number of tetrazole rings is 1. The van der Waals surface area contributed by atoms with E-state index < -0.39 is 5.54 Å². The topological polar surface area (TPSA) is 81.0 Å². The van der Waals surface area contributed by atoms with Crippen molar-refractivity contribution < 1.29 is 9.59 Å². The molecule has 1 heterocycles. The lowest BCUT2D eigenvalue weighted by atomic mass is 9.74. The third-order valence-electron chi connectivity index (χ3n) is 5.69. The fourth-order valence-electron chi connectivity index (χ4n) is 4.07. The number of aromatic nitrogens is 4. The lowest BCUT2D eigenvalue weighted by Crippen LogP contribution is -2.54. The predicted molar refractivity (Wildman–Crippen MR) is 119 cm³/mol. The zero-order chi connectivity index (χ0) is 21.8. The summed E-state index contributed by atoms with van der Waals surface area (Å²) in [6, 6.07) is 16.8. The van der Waals surface area contributed by atoms with Crippen LogP contribution in [0.15, 0.2) is 59.8 Å². The minimum Gasteiger partial charge on any atom is -0.328 e. The van der Waals surface area contributed by atoms with Gasteiger partial charge in [0.25, 0.3) is 0 Å². The maximum absolute atomic E-state index is 13.3. The minimum absolute atomic E-state index is 0.0295. The molecule has 0 radical (unpaired) electrons. The third kappa shape index (κ3) is 4.09. The van der Waals surface area contributed by atoms with E-state index >= 15 is 0 Å². The monoisotopic (exact) mass is 455 g/mol. The Morgan fingerprint density at radius 3 is 2.65 bits per heavy atom. The first-order valence-corrected chi connectivity index (χ1v) is 11.4. The predicted octanol–water partition coefficient (Wildman–Crippen LogP) is 3.90. The van der Waals surface area contributed by atoms with Gasteiger partial charge in [0.1, 0.15) is 5.54 Å². The summed E-state index contributed by atoms with van der Waals surface area (Å²) in [6.07, 6.45) is 2.67. The minimum atomic E-state index is -1.04. The van der Waals surface area contributed by atoms with Gasteiger partial charge in [-0.25, -0.2) is 0 Å². The quantitative estimate of drug-likeness (QED) is 0.524. The second kappa shape index (κ2) is 9.20. The summed E-state index contributed by atoms with van der Waals surface area (Å²) in [5.41, 5.74) is 0.460. The van der Waals surface area contributed by atoms with E-state index in [9.17, 15) is 9.59 Å². The maximum Gasteiger partial charge on any atom is 0.233 e. The van der Waals surface area contributed by atoms with Crippen LogP contribution in [-0.4, -0.2) is 49.6 Å². The van der Waals surface area contributed by atoms with Crippen molar-refractivity contribution in [1.29, 1.82) is 0 Å². The third-order valence-corrected chi connectivity index (χ3v) is 6.92. The average molecular weight is 456 g/mol. The molecule has 3 aromatic rings. The number of hydrogen-bond acceptors (Lipinski definition) is 6. The molecule has 0 saturated heterocycles. The Hall–Kier alpha value is -2.71. The van der Waals surface area contributed by atoms with Crippen LogP contribution in [0.4, 0.5) is 0 Å². The van der Waals surface area contributed by atoms with Gasteiger partial charge in [-0.2, -0.15) is 4.68 Å². The highest BCUT2D eigenvalue weighted by atomic mass is 35.5. The molecule has 1 aliphatic rings. The van der Waals surface area contributed by atoms with Crippen LogP contribution in [0, 0.1) is 0 Å². The summed E-state index contributed by atoms with van der Waals surface area (Å²) in [5.74, 6) is -0.0481. The number of carbonyl (C=O) groups is 2. The van der Waals surface area contributed by atoms with E-state index in [1.807, 2.05) is 48.5 Å². The molecule has 0 bridgehead atoms. The Balaban J connectivity index is 1.58. The highest BCUT2D eigenvalue weighted by Gasteiger charge is 2.47. The molecule has 1 fully saturated rings. The van der Waals surface area contributed by atoms with E-state index in [1.54, 1.807) is 22.7 Å². The van der Waals surface area contributed by atoms with Crippen molar-refractivity contribution in [2.75, 3.05) is 12.8 Å². The van der Waals surface area contributed by atoms with Crippen LogP contribution in [-0.2, 0) is 15.1 Å². The molecule has 0 spiro atoms. The molecule has 2 aromatic carbocycles. The van der Waals surface area contributed by atoms with Crippen molar-refractivity contribution in [1.82, 2.24) is 25.1 Å². The number of hydrogen-bond donors (Lipinski definition) is 0. The van der Waals surface area contributed by atoms with Gasteiger partial charge in [0.2, 0.25) is 11.1 Å². The number of carbonyl (C=O) groups excluding carboxylic acids is 2. The highest BCUT2D eigenvalue weighted by molar-refractivity contribution is 7.99. The molecule has 0 N–H and O–H groups in total. The molecule has 7 nitrogen and oxygen atoms in total. The van der Waals surface area contributed by atoms with Gasteiger partial charge in [-0.05, 0) is 47.9 Å². The van der Waals surface area contributed by atoms with Crippen LogP contribution in [0.25, 0.3) is 5.69 Å². The first-order valence-electron chi connectivity index (χ1n) is 10.1. The van der Waals surface area contributed by atoms with Gasteiger partial charge in [-0.3, -0.25) is 9.59 Å². The Morgan fingerprint density at radius 1 is 1.16 bits per heavy atom. The van der Waals surface area contributed by atoms with Crippen molar-refractivity contribution in [3.63, 3.8) is 0 Å². The van der Waals surface area contributed by atoms with E-state index in [-0.39, 0.29) is 17.4 Å². The zero-order valence-electron chi connectivity index (χ0n) is 17.1. The molecule has 0 aliphatic heterocycles. The van der Waals surface area contributed by atoms with Crippen molar-refractivity contribution in [3.8, 4) is 5.69 Å². The molecule has 1 amide bonds. The first-order chi connectivity index (χ1) is 15.0. The number of likely N-dealkylation sites (N-methyl/N-ethyl adjacent to an activating group) is 1. The normalized spacial score (nSPS) is 18.7. The van der Waals surface area contributed by atoms with Gasteiger partial charge in [-0.15, -0.1) is 5.10 Å². The second-order valence-electron chi connectivity index (χ2n) is 7.42. The number of amides is 1. The number of para-hydroxylation sites is 1. The van der Waals surface area contributed by atoms with E-state index in [2.05, 4.69) is 15.5 Å². The number of Topliss-reactive ketones (excluding diaryl/α,β-unsaturated/α-hetero) is 1. The largest absolute Gasteiger partial charge is 0.328 e. The van der Waals surface area contributed by atoms with Crippen molar-refractivity contribution in [3.05, 3.63) is 65.2 Å². The highest BCUT2D eigenvalue weighted by Crippen LogP contribution is 2.42. The van der Waals surface area contributed by atoms with Crippen LogP contribution < -0.4 is 0 Å². The number of benzene rings is 2. The number of halogens is 1. The Bertz CT molecular complexity index is 1090. The van der Waals surface area contributed by atoms with Gasteiger partial charge >= 0.3 is 0 Å². The van der Waals surface area contributed by atoms with Crippen molar-refractivity contribution in [2.45, 2.75) is 36.4 Å². The SMILES string of the molecule is CN(C(=O)CSc1nnnn1-c1ccccc1)[C@]1(c2ccccc2Cl)CCCCC1=O. The maximum atomic E-state index is 13.3. The first kappa shape index (κ1) is 21.5. The number of thioether (sulfide) groups is 1. The van der Waals surface area contributed by atoms with Crippen LogP contribution >= 0.6 is 23.4 Å². The average Bonchev–Trinajstić information content (AvgIpc) is 3.27. The van der Waals surface area contributed by atoms with Crippen LogP contribution in [0.5, 0.6) is 0 Å². The fourth-order valence-corrected chi connectivity index (χ4v) is 5.16. The summed E-state index contributed by atoms with van der Waals surface area (Å²) >= 11 is 7.72. The summed E-state index contributed by atoms with van der Waals surface area (Å²) in [6.45, 7) is 0. The lowest BCUT2D eigenvalue weighted by molar-refractivity contribution is -0.146. The van der Waals surface area contributed by atoms with E-state index in [0.717, 1.165) is 18.5 Å². The van der Waals surface area contributed by atoms with Crippen LogP contribution in [0.3, 0.4) is 0 Å². The van der Waals surface area contributed by atoms with Gasteiger partial charge in [0, 0.05) is 24.1 Å². The Labute approximate surface area is 189 Å². The number of nitrogens with zero attached hydrogens (tertiary/aromatic N) is 5. The summed E-state index contributed by atoms with van der Waals surface area (Å²) in [5, 5.41) is 12.8. The smallest absolute Gasteiger partial charge is 0.233 e.